The highest BCUT2D eigenvalue weighted by Gasteiger charge is 2.35. The van der Waals surface area contributed by atoms with Crippen molar-refractivity contribution in [2.75, 3.05) is 0 Å². The highest BCUT2D eigenvalue weighted by molar-refractivity contribution is 6.22. The van der Waals surface area contributed by atoms with E-state index in [-0.39, 0.29) is 67.5 Å². The van der Waals surface area contributed by atoms with Gasteiger partial charge in [-0.05, 0) is 252 Å². The van der Waals surface area contributed by atoms with Crippen molar-refractivity contribution in [2.45, 2.75) is 243 Å². The van der Waals surface area contributed by atoms with Crippen molar-refractivity contribution in [1.29, 1.82) is 0 Å². The molecular formula is C133H140N4. The topological polar surface area (TPSA) is 19.7 Å². The number of para-hydroxylation sites is 5. The van der Waals surface area contributed by atoms with Gasteiger partial charge in [0.2, 0.25) is 0 Å². The molecule has 20 aromatic rings. The Bertz CT molecular complexity index is 8090. The van der Waals surface area contributed by atoms with Gasteiger partial charge in [0.05, 0.1) is 55.3 Å². The molecule has 0 N–H and O–H groups in total. The lowest BCUT2D eigenvalue weighted by molar-refractivity contribution is 0.568. The summed E-state index contributed by atoms with van der Waals surface area (Å²) in [5.74, 6) is 0. The normalized spacial score (nSPS) is 13.2. The molecule has 0 saturated heterocycles. The van der Waals surface area contributed by atoms with Crippen molar-refractivity contribution >= 4 is 87.2 Å². The molecule has 0 radical (unpaired) electrons. The van der Waals surface area contributed by atoms with E-state index in [0.29, 0.717) is 11.1 Å². The van der Waals surface area contributed by atoms with Crippen LogP contribution < -0.4 is 0 Å². The van der Waals surface area contributed by atoms with Crippen LogP contribution in [-0.2, 0) is 48.7 Å². The van der Waals surface area contributed by atoms with E-state index in [9.17, 15) is 0 Å². The molecule has 0 fully saturated rings. The lowest BCUT2D eigenvalue weighted by Crippen LogP contribution is -2.16. The summed E-state index contributed by atoms with van der Waals surface area (Å²) in [6.07, 6.45) is 0. The lowest BCUT2D eigenvalue weighted by Gasteiger charge is -2.27. The van der Waals surface area contributed by atoms with Crippen LogP contribution in [0.2, 0.25) is 0 Å². The fourth-order valence-corrected chi connectivity index (χ4v) is 21.0. The fraction of sp³-hybridized carbons (Fsp3) is 0.278. The molecule has 0 atom stereocenters. The number of rotatable bonds is 9. The Hall–Kier alpha value is -13.3. The number of fused-ring (bicyclic) bond motifs is 12. The van der Waals surface area contributed by atoms with E-state index in [0.717, 1.165) is 44.2 Å². The van der Waals surface area contributed by atoms with Crippen molar-refractivity contribution < 1.29 is 5.48 Å². The lowest BCUT2D eigenvalue weighted by atomic mass is 9.77. The van der Waals surface area contributed by atoms with Crippen molar-refractivity contribution in [2.24, 2.45) is 0 Å². The first kappa shape index (κ1) is 89.0. The Balaban J connectivity index is 0.000000140. The Morgan fingerprint density at radius 1 is 0.197 bits per heavy atom. The van der Waals surface area contributed by atoms with Crippen LogP contribution in [-0.4, -0.2) is 18.3 Å². The standard InChI is InChI=1S/C48H48N2.C43H47N.C42H45N/c1-46(2,3)32-28-31(29-33(30-32)47(4,5)6)35-22-17-25-40-43(35)44-41(49(40)34-18-11-10-12-19-34)26-27-42(45(44)48(7,8)9)50-38-23-15-13-20-36(38)37-21-14-16-24-39(37)50;1-28-16-14-17-29(24-28)35-22-23-37-39(40(35)43(8,9)10)38-34(20-15-21-36(38)44(37)33-18-12-11-13-19-33)30-25-31(41(2,3)4)27-32(26-30)42(5,6)7;1-40(2,3)30-25-29(26-31(27-30)41(4,5)6)33-21-16-22-35-37(33)38-36(43(35)32-19-14-11-15-20-32)24-23-34(39(38)42(7,8)9)28-17-12-10-13-18-28/h10-30H,1-9H3;11-27H,1-10H3;10-27H,1-9H3/i;14D,16D,17D,24D;. The van der Waals surface area contributed by atoms with Crippen molar-refractivity contribution in [3.8, 4) is 78.4 Å². The van der Waals surface area contributed by atoms with E-state index >= 15 is 0 Å². The van der Waals surface area contributed by atoms with E-state index in [1.165, 1.54) is 166 Å². The van der Waals surface area contributed by atoms with Gasteiger partial charge < -0.3 is 18.3 Å². The van der Waals surface area contributed by atoms with Crippen LogP contribution in [0.4, 0.5) is 0 Å². The fourth-order valence-electron chi connectivity index (χ4n) is 21.0. The summed E-state index contributed by atoms with van der Waals surface area (Å²) in [5.41, 5.74) is 37.1. The molecule has 0 bridgehead atoms. The molecule has 0 amide bonds. The number of nitrogens with zero attached hydrogens (tertiary/aromatic N) is 4. The third-order valence-electron chi connectivity index (χ3n) is 28.0. The Labute approximate surface area is 821 Å². The maximum absolute atomic E-state index is 9.14. The van der Waals surface area contributed by atoms with E-state index in [1.54, 1.807) is 6.92 Å². The van der Waals surface area contributed by atoms with Crippen LogP contribution in [0, 0.1) is 6.92 Å². The summed E-state index contributed by atoms with van der Waals surface area (Å²) in [6.45, 7) is 64.1. The van der Waals surface area contributed by atoms with Gasteiger partial charge in [-0.25, -0.2) is 0 Å². The van der Waals surface area contributed by atoms with Crippen LogP contribution in [0.5, 0.6) is 0 Å². The van der Waals surface area contributed by atoms with E-state index < -0.39 is 5.41 Å². The maximum atomic E-state index is 9.14. The molecule has 0 aliphatic heterocycles. The van der Waals surface area contributed by atoms with Gasteiger partial charge in [-0.1, -0.05) is 441 Å². The van der Waals surface area contributed by atoms with Crippen LogP contribution in [0.25, 0.3) is 166 Å². The molecule has 0 saturated carbocycles. The summed E-state index contributed by atoms with van der Waals surface area (Å²) in [4.78, 5) is 0. The Kier molecular flexibility index (Phi) is 22.6. The number of aromatic nitrogens is 4. The molecule has 4 heteroatoms. The quantitative estimate of drug-likeness (QED) is 0.137. The van der Waals surface area contributed by atoms with Crippen LogP contribution >= 0.6 is 0 Å². The minimum absolute atomic E-state index is 0.0161. The highest BCUT2D eigenvalue weighted by atomic mass is 15.0. The average molecular weight is 1800 g/mol. The van der Waals surface area contributed by atoms with E-state index in [2.05, 4.69) is 509 Å². The van der Waals surface area contributed by atoms with E-state index in [4.69, 9.17) is 5.48 Å². The molecule has 0 spiro atoms. The largest absolute Gasteiger partial charge is 0.309 e. The third-order valence-corrected chi connectivity index (χ3v) is 28.0. The summed E-state index contributed by atoms with van der Waals surface area (Å²) >= 11 is 0. The second-order valence-electron chi connectivity index (χ2n) is 47.6. The minimum Gasteiger partial charge on any atom is -0.309 e. The van der Waals surface area contributed by atoms with Crippen LogP contribution in [0.15, 0.2) is 340 Å². The highest BCUT2D eigenvalue weighted by Crippen LogP contribution is 2.54. The van der Waals surface area contributed by atoms with Gasteiger partial charge >= 0.3 is 0 Å². The van der Waals surface area contributed by atoms with E-state index in [1.807, 2.05) is 12.1 Å². The Morgan fingerprint density at radius 3 is 0.781 bits per heavy atom. The van der Waals surface area contributed by atoms with Crippen molar-refractivity contribution in [1.82, 2.24) is 18.3 Å². The van der Waals surface area contributed by atoms with Gasteiger partial charge in [-0.2, -0.15) is 0 Å². The molecule has 137 heavy (non-hydrogen) atoms. The molecule has 4 nitrogen and oxygen atoms in total. The molecule has 692 valence electrons. The second kappa shape index (κ2) is 34.8. The average Bonchev–Trinajstić information content (AvgIpc) is 1.56. The number of hydrogen-bond donors (Lipinski definition) is 0. The predicted octanol–water partition coefficient (Wildman–Crippen LogP) is 37.8. The van der Waals surface area contributed by atoms with Crippen molar-refractivity contribution in [3.05, 3.63) is 395 Å². The summed E-state index contributed by atoms with van der Waals surface area (Å²) in [5, 5.41) is 10.1. The molecule has 16 aromatic carbocycles. The molecule has 0 aliphatic carbocycles. The number of benzene rings is 16. The zero-order chi connectivity index (χ0) is 101. The van der Waals surface area contributed by atoms with Crippen LogP contribution in [0.1, 0.15) is 248 Å². The first-order valence-electron chi connectivity index (χ1n) is 51.4. The molecule has 20 rings (SSSR count). The minimum atomic E-state index is -0.393. The molecule has 4 heterocycles. The SMILES string of the molecule is CC(C)(C)c1cc(-c2cccc3c2c2c(C(C)(C)C)c(-c4ccccc4)ccc2n3-c2ccccc2)cc(C(C)(C)C)c1.CC(C)(C)c1cc(-c2cccc3c2c2c(C(C)(C)C)c(-n4c5ccccc5c5ccccc54)ccc2n3-c2ccccc2)cc(C(C)(C)C)c1.[2H]c1c([2H])c(C)c([2H])c(-c2ccc3c(c2C(C)(C)C)c2c(-c4cc(C(C)(C)C)cc(C(C)(C)C)c4)cccc2n3-c2ccccc2)c1[2H]. The van der Waals surface area contributed by atoms with Gasteiger partial charge in [0.1, 0.15) is 0 Å². The van der Waals surface area contributed by atoms with Gasteiger partial charge in [0.15, 0.2) is 0 Å². The zero-order valence-corrected chi connectivity index (χ0v) is 86.3. The molecule has 0 aliphatic rings. The summed E-state index contributed by atoms with van der Waals surface area (Å²) in [7, 11) is 0. The van der Waals surface area contributed by atoms with Gasteiger partial charge in [-0.3, -0.25) is 0 Å². The number of hydrogen-bond acceptors (Lipinski definition) is 0. The van der Waals surface area contributed by atoms with Crippen LogP contribution in [0.3, 0.4) is 0 Å². The summed E-state index contributed by atoms with van der Waals surface area (Å²) < 4.78 is 45.0. The molecular weight excluding hydrogens is 1650 g/mol. The Morgan fingerprint density at radius 2 is 0.467 bits per heavy atom. The zero-order valence-electron chi connectivity index (χ0n) is 90.3. The first-order chi connectivity index (χ1) is 66.3. The second-order valence-corrected chi connectivity index (χ2v) is 47.6. The first-order valence-corrected chi connectivity index (χ1v) is 49.4. The maximum Gasteiger partial charge on any atom is 0.0632 e. The van der Waals surface area contributed by atoms with Gasteiger partial charge in [-0.15, -0.1) is 0 Å². The third kappa shape index (κ3) is 17.7. The van der Waals surface area contributed by atoms with Gasteiger partial charge in [0, 0.05) is 60.2 Å². The predicted molar refractivity (Wildman–Crippen MR) is 597 cm³/mol. The molecule has 4 aromatic heterocycles. The summed E-state index contributed by atoms with van der Waals surface area (Å²) in [6, 6.07) is 116. The van der Waals surface area contributed by atoms with Gasteiger partial charge in [0.25, 0.3) is 0 Å². The monoisotopic (exact) mass is 1800 g/mol. The molecule has 0 unspecified atom stereocenters. The smallest absolute Gasteiger partial charge is 0.0632 e. The van der Waals surface area contributed by atoms with Crippen molar-refractivity contribution in [3.63, 3.8) is 0 Å².